The van der Waals surface area contributed by atoms with Gasteiger partial charge in [-0.25, -0.2) is 0 Å². The van der Waals surface area contributed by atoms with Crippen molar-refractivity contribution in [1.29, 1.82) is 0 Å². The van der Waals surface area contributed by atoms with Crippen molar-refractivity contribution in [1.82, 2.24) is 10.6 Å². The van der Waals surface area contributed by atoms with Gasteiger partial charge in [0.1, 0.15) is 12.1 Å². The van der Waals surface area contributed by atoms with Gasteiger partial charge in [-0.2, -0.15) is 0 Å². The van der Waals surface area contributed by atoms with E-state index in [1.807, 2.05) is 42.5 Å². The second kappa shape index (κ2) is 15.0. The van der Waals surface area contributed by atoms with Crippen molar-refractivity contribution in [3.63, 3.8) is 0 Å². The van der Waals surface area contributed by atoms with Gasteiger partial charge in [0, 0.05) is 19.3 Å². The van der Waals surface area contributed by atoms with Gasteiger partial charge in [-0.05, 0) is 47.1 Å². The number of nitrogens with one attached hydrogen (secondary N) is 2. The molecule has 0 aliphatic heterocycles. The Labute approximate surface area is 238 Å². The zero-order valence-corrected chi connectivity index (χ0v) is 22.5. The fraction of sp³-hybridized carbons (Fsp3) is 0.258. The predicted molar refractivity (Wildman–Crippen MR) is 154 cm³/mol. The maximum Gasteiger partial charge on any atom is 0.303 e. The van der Waals surface area contributed by atoms with Crippen LogP contribution in [0.15, 0.2) is 78.9 Å². The molecule has 41 heavy (non-hydrogen) atoms. The van der Waals surface area contributed by atoms with E-state index in [9.17, 15) is 24.0 Å². The van der Waals surface area contributed by atoms with Crippen molar-refractivity contribution in [2.75, 3.05) is 0 Å². The first kappa shape index (κ1) is 30.6. The molecular formula is C31H34N4O6. The lowest BCUT2D eigenvalue weighted by atomic mass is 9.99. The number of amides is 4. The number of benzene rings is 3. The number of nitrogens with two attached hydrogens (primary N) is 2. The molecule has 0 radical (unpaired) electrons. The lowest BCUT2D eigenvalue weighted by Gasteiger charge is -2.21. The van der Waals surface area contributed by atoms with E-state index in [4.69, 9.17) is 16.6 Å². The molecule has 3 rings (SSSR count). The van der Waals surface area contributed by atoms with E-state index in [-0.39, 0.29) is 32.1 Å². The van der Waals surface area contributed by atoms with Crippen molar-refractivity contribution in [3.8, 4) is 22.3 Å². The summed E-state index contributed by atoms with van der Waals surface area (Å²) >= 11 is 0. The Bertz CT molecular complexity index is 1360. The summed E-state index contributed by atoms with van der Waals surface area (Å²) in [4.78, 5) is 59.2. The molecule has 0 saturated carbocycles. The molecular weight excluding hydrogens is 524 g/mol. The Morgan fingerprint density at radius 3 is 1.66 bits per heavy atom. The zero-order chi connectivity index (χ0) is 29.8. The highest BCUT2D eigenvalue weighted by molar-refractivity contribution is 5.92. The molecule has 2 atom stereocenters. The molecule has 0 aliphatic carbocycles. The monoisotopic (exact) mass is 558 g/mol. The number of hydrogen-bond acceptors (Lipinski definition) is 5. The second-order valence-electron chi connectivity index (χ2n) is 9.66. The molecule has 0 heterocycles. The Balaban J connectivity index is 1.57. The van der Waals surface area contributed by atoms with E-state index in [0.29, 0.717) is 6.42 Å². The Morgan fingerprint density at radius 1 is 0.634 bits per heavy atom. The van der Waals surface area contributed by atoms with Crippen LogP contribution in [0.25, 0.3) is 22.3 Å². The van der Waals surface area contributed by atoms with Crippen LogP contribution in [-0.2, 0) is 30.4 Å². The number of carboxylic acid groups (broad SMARTS) is 1. The quantitative estimate of drug-likeness (QED) is 0.191. The third-order valence-electron chi connectivity index (χ3n) is 6.56. The number of carbonyl (C=O) groups is 5. The Morgan fingerprint density at radius 2 is 1.15 bits per heavy atom. The highest BCUT2D eigenvalue weighted by Gasteiger charge is 2.26. The number of rotatable bonds is 15. The predicted octanol–water partition coefficient (Wildman–Crippen LogP) is 2.54. The topological polar surface area (TPSA) is 182 Å². The van der Waals surface area contributed by atoms with Gasteiger partial charge < -0.3 is 27.2 Å². The van der Waals surface area contributed by atoms with Gasteiger partial charge in [0.25, 0.3) is 0 Å². The number of primary amides is 2. The first-order valence-corrected chi connectivity index (χ1v) is 13.3. The minimum Gasteiger partial charge on any atom is -0.481 e. The number of carboxylic acids is 1. The molecule has 3 aromatic rings. The van der Waals surface area contributed by atoms with Crippen molar-refractivity contribution in [2.24, 2.45) is 11.5 Å². The van der Waals surface area contributed by atoms with Gasteiger partial charge >= 0.3 is 5.97 Å². The van der Waals surface area contributed by atoms with Crippen molar-refractivity contribution < 1.29 is 29.1 Å². The molecule has 0 aromatic heterocycles. The van der Waals surface area contributed by atoms with Crippen LogP contribution in [0.3, 0.4) is 0 Å². The molecule has 10 nitrogen and oxygen atoms in total. The Hall–Kier alpha value is -4.99. The summed E-state index contributed by atoms with van der Waals surface area (Å²) in [6.45, 7) is 0. The van der Waals surface area contributed by atoms with E-state index >= 15 is 0 Å². The van der Waals surface area contributed by atoms with Crippen molar-refractivity contribution >= 4 is 29.6 Å². The van der Waals surface area contributed by atoms with E-state index in [0.717, 1.165) is 27.8 Å². The van der Waals surface area contributed by atoms with Crippen LogP contribution >= 0.6 is 0 Å². The minimum absolute atomic E-state index is 0.0584. The highest BCUT2D eigenvalue weighted by Crippen LogP contribution is 2.25. The SMILES string of the molecule is NC(=O)CCC(NC(=O)C(CCC(=O)O)NC(=O)CCc1ccc(-c2ccc(-c3ccccc3)cc2)cc1)C(N)=O. The van der Waals surface area contributed by atoms with Crippen LogP contribution in [0.4, 0.5) is 0 Å². The van der Waals surface area contributed by atoms with Gasteiger partial charge in [-0.15, -0.1) is 0 Å². The molecule has 7 N–H and O–H groups in total. The molecule has 0 saturated heterocycles. The first-order valence-electron chi connectivity index (χ1n) is 13.3. The third-order valence-corrected chi connectivity index (χ3v) is 6.56. The third kappa shape index (κ3) is 9.92. The van der Waals surface area contributed by atoms with E-state index in [1.165, 1.54) is 0 Å². The molecule has 10 heteroatoms. The van der Waals surface area contributed by atoms with Crippen LogP contribution in [-0.4, -0.2) is 46.8 Å². The average Bonchev–Trinajstić information content (AvgIpc) is 2.96. The average molecular weight is 559 g/mol. The smallest absolute Gasteiger partial charge is 0.303 e. The minimum atomic E-state index is -1.20. The number of carbonyl (C=O) groups excluding carboxylic acids is 4. The van der Waals surface area contributed by atoms with E-state index in [2.05, 4.69) is 47.0 Å². The van der Waals surface area contributed by atoms with Gasteiger partial charge in [-0.1, -0.05) is 78.9 Å². The molecule has 0 fully saturated rings. The highest BCUT2D eigenvalue weighted by atomic mass is 16.4. The van der Waals surface area contributed by atoms with Crippen LogP contribution in [0.2, 0.25) is 0 Å². The molecule has 214 valence electrons. The lowest BCUT2D eigenvalue weighted by Crippen LogP contribution is -2.53. The Kier molecular flexibility index (Phi) is 11.2. The summed E-state index contributed by atoms with van der Waals surface area (Å²) in [5.41, 5.74) is 15.7. The maximum atomic E-state index is 12.8. The second-order valence-corrected chi connectivity index (χ2v) is 9.66. The van der Waals surface area contributed by atoms with Crippen LogP contribution in [0.5, 0.6) is 0 Å². The number of aryl methyl sites for hydroxylation is 1. The van der Waals surface area contributed by atoms with E-state index in [1.54, 1.807) is 0 Å². The summed E-state index contributed by atoms with van der Waals surface area (Å²) in [7, 11) is 0. The van der Waals surface area contributed by atoms with Crippen molar-refractivity contribution in [3.05, 3.63) is 84.4 Å². The molecule has 2 unspecified atom stereocenters. The largest absolute Gasteiger partial charge is 0.481 e. The van der Waals surface area contributed by atoms with E-state index < -0.39 is 41.7 Å². The van der Waals surface area contributed by atoms with Crippen LogP contribution < -0.4 is 22.1 Å². The zero-order valence-electron chi connectivity index (χ0n) is 22.5. The van der Waals surface area contributed by atoms with Crippen LogP contribution in [0, 0.1) is 0 Å². The maximum absolute atomic E-state index is 12.8. The summed E-state index contributed by atoms with van der Waals surface area (Å²) in [5, 5.41) is 14.0. The van der Waals surface area contributed by atoms with Gasteiger partial charge in [-0.3, -0.25) is 24.0 Å². The summed E-state index contributed by atoms with van der Waals surface area (Å²) in [5.74, 6) is -3.92. The number of aliphatic carboxylic acids is 1. The van der Waals surface area contributed by atoms with Gasteiger partial charge in [0.05, 0.1) is 0 Å². The number of hydrogen-bond donors (Lipinski definition) is 5. The molecule has 0 spiro atoms. The molecule has 4 amide bonds. The fourth-order valence-corrected chi connectivity index (χ4v) is 4.26. The van der Waals surface area contributed by atoms with Gasteiger partial charge in [0.2, 0.25) is 23.6 Å². The van der Waals surface area contributed by atoms with Crippen molar-refractivity contribution in [2.45, 2.75) is 50.6 Å². The van der Waals surface area contributed by atoms with Gasteiger partial charge in [0.15, 0.2) is 0 Å². The lowest BCUT2D eigenvalue weighted by molar-refractivity contribution is -0.138. The normalized spacial score (nSPS) is 12.1. The molecule has 3 aromatic carbocycles. The van der Waals surface area contributed by atoms with Crippen LogP contribution in [0.1, 0.15) is 37.7 Å². The summed E-state index contributed by atoms with van der Waals surface area (Å²) in [6.07, 6.45) is -0.403. The standard InChI is InChI=1S/C31H34N4O6/c32-27(36)17-15-25(30(33)40)35-31(41)26(16-19-29(38)39)34-28(37)18-8-20-6-9-22(10-7-20)24-13-11-23(12-14-24)21-4-2-1-3-5-21/h1-7,9-14,25-26H,8,15-19H2,(H2,32,36)(H2,33,40)(H,34,37)(H,35,41)(H,38,39). The fourth-order valence-electron chi connectivity index (χ4n) is 4.26. The summed E-state index contributed by atoms with van der Waals surface area (Å²) < 4.78 is 0. The summed E-state index contributed by atoms with van der Waals surface area (Å²) in [6, 6.07) is 23.8. The first-order chi connectivity index (χ1) is 19.6. The molecule has 0 bridgehead atoms. The molecule has 0 aliphatic rings.